The number of benzene rings is 1. The van der Waals surface area contributed by atoms with Gasteiger partial charge in [-0.2, -0.15) is 0 Å². The minimum atomic E-state index is -0.0777. The predicted molar refractivity (Wildman–Crippen MR) is 111 cm³/mol. The summed E-state index contributed by atoms with van der Waals surface area (Å²) < 4.78 is 0. The van der Waals surface area contributed by atoms with Gasteiger partial charge in [0.1, 0.15) is 0 Å². The Morgan fingerprint density at radius 1 is 1.33 bits per heavy atom. The predicted octanol–water partition coefficient (Wildman–Crippen LogP) is 1.58. The number of likely N-dealkylation sites (N-methyl/N-ethyl adjacent to an activating group) is 1. The van der Waals surface area contributed by atoms with Gasteiger partial charge in [0.05, 0.1) is 6.54 Å². The van der Waals surface area contributed by atoms with Crippen LogP contribution in [0.15, 0.2) is 41.4 Å². The van der Waals surface area contributed by atoms with Gasteiger partial charge < -0.3 is 21.3 Å². The van der Waals surface area contributed by atoms with Crippen LogP contribution in [0.5, 0.6) is 0 Å². The third kappa shape index (κ3) is 9.51. The van der Waals surface area contributed by atoms with Crippen molar-refractivity contribution in [3.8, 4) is 0 Å². The van der Waals surface area contributed by atoms with Crippen LogP contribution in [0, 0.1) is 0 Å². The molecule has 0 fully saturated rings. The number of nitrogens with one attached hydrogen (secondary N) is 2. The Hall–Kier alpha value is -1.61. The van der Waals surface area contributed by atoms with Gasteiger partial charge in [-0.3, -0.25) is 4.79 Å². The number of aliphatic imine (C=N–C) groups is 1. The molecule has 1 aromatic rings. The normalized spacial score (nSPS) is 10.9. The largest absolute Gasteiger partial charge is 0.370 e. The summed E-state index contributed by atoms with van der Waals surface area (Å²) in [5.41, 5.74) is 8.33. The van der Waals surface area contributed by atoms with E-state index in [0.717, 1.165) is 17.7 Å². The molecule has 7 heteroatoms. The van der Waals surface area contributed by atoms with Gasteiger partial charge in [-0.05, 0) is 38.7 Å². The van der Waals surface area contributed by atoms with E-state index in [1.54, 1.807) is 6.07 Å². The number of guanidine groups is 1. The van der Waals surface area contributed by atoms with E-state index in [-0.39, 0.29) is 29.9 Å². The molecule has 0 heterocycles. The molecule has 0 aliphatic heterocycles. The summed E-state index contributed by atoms with van der Waals surface area (Å²) >= 11 is 0. The molecule has 24 heavy (non-hydrogen) atoms. The zero-order valence-electron chi connectivity index (χ0n) is 14.6. The van der Waals surface area contributed by atoms with Crippen LogP contribution in [0.1, 0.15) is 22.8 Å². The standard InChI is InChI=1S/C17H27N5O.HI/c1-13(2)11-20-17(18)21-12-14-6-5-7-15(10-14)16(23)19-8-9-22(3)4;/h5-7,10H,1,8-9,11-12H2,2-4H3,(H,19,23)(H3,18,20,21);1H. The zero-order valence-corrected chi connectivity index (χ0v) is 17.0. The first-order chi connectivity index (χ1) is 10.9. The van der Waals surface area contributed by atoms with Crippen LogP contribution in [0.25, 0.3) is 0 Å². The molecule has 0 atom stereocenters. The third-order valence-electron chi connectivity index (χ3n) is 3.04. The maximum absolute atomic E-state index is 12.1. The number of halogens is 1. The molecule has 134 valence electrons. The van der Waals surface area contributed by atoms with Crippen LogP contribution >= 0.6 is 24.0 Å². The molecular weight excluding hydrogens is 417 g/mol. The number of amides is 1. The molecule has 1 rings (SSSR count). The van der Waals surface area contributed by atoms with E-state index < -0.39 is 0 Å². The average molecular weight is 445 g/mol. The van der Waals surface area contributed by atoms with Crippen molar-refractivity contribution in [2.45, 2.75) is 13.5 Å². The van der Waals surface area contributed by atoms with E-state index in [1.165, 1.54) is 0 Å². The summed E-state index contributed by atoms with van der Waals surface area (Å²) in [6.07, 6.45) is 0. The second kappa shape index (κ2) is 11.9. The molecule has 4 N–H and O–H groups in total. The fourth-order valence-corrected chi connectivity index (χ4v) is 1.78. The lowest BCUT2D eigenvalue weighted by Gasteiger charge is -2.10. The second-order valence-corrected chi connectivity index (χ2v) is 5.77. The lowest BCUT2D eigenvalue weighted by Crippen LogP contribution is -2.32. The molecule has 1 aromatic carbocycles. The number of nitrogens with zero attached hydrogens (tertiary/aromatic N) is 2. The van der Waals surface area contributed by atoms with Crippen LogP contribution < -0.4 is 16.4 Å². The fraction of sp³-hybridized carbons (Fsp3) is 0.412. The van der Waals surface area contributed by atoms with E-state index in [1.807, 2.05) is 44.1 Å². The van der Waals surface area contributed by atoms with Gasteiger partial charge in [0.15, 0.2) is 5.96 Å². The van der Waals surface area contributed by atoms with Crippen molar-refractivity contribution in [3.63, 3.8) is 0 Å². The summed E-state index contributed by atoms with van der Waals surface area (Å²) in [4.78, 5) is 18.4. The molecule has 1 amide bonds. The molecule has 0 aromatic heterocycles. The smallest absolute Gasteiger partial charge is 0.251 e. The SMILES string of the molecule is C=C(C)CNC(N)=NCc1cccc(C(=O)NCCN(C)C)c1.I. The summed E-state index contributed by atoms with van der Waals surface area (Å²) in [6.45, 7) is 8.16. The van der Waals surface area contributed by atoms with Gasteiger partial charge >= 0.3 is 0 Å². The Kier molecular flexibility index (Phi) is 11.1. The Bertz CT molecular complexity index is 572. The van der Waals surface area contributed by atoms with Gasteiger partial charge in [0, 0.05) is 25.2 Å². The lowest BCUT2D eigenvalue weighted by atomic mass is 10.1. The quantitative estimate of drug-likeness (QED) is 0.246. The number of carbonyl (C=O) groups excluding carboxylic acids is 1. The van der Waals surface area contributed by atoms with Crippen molar-refractivity contribution in [3.05, 3.63) is 47.5 Å². The monoisotopic (exact) mass is 445 g/mol. The Balaban J connectivity index is 0.00000529. The number of nitrogens with two attached hydrogens (primary N) is 1. The van der Waals surface area contributed by atoms with Crippen molar-refractivity contribution in [1.29, 1.82) is 0 Å². The van der Waals surface area contributed by atoms with Crippen LogP contribution in [-0.4, -0.2) is 50.5 Å². The molecule has 0 bridgehead atoms. The maximum Gasteiger partial charge on any atom is 0.251 e. The molecule has 0 radical (unpaired) electrons. The lowest BCUT2D eigenvalue weighted by molar-refractivity contribution is 0.0951. The number of hydrogen-bond donors (Lipinski definition) is 3. The molecule has 0 saturated carbocycles. The highest BCUT2D eigenvalue weighted by atomic mass is 127. The van der Waals surface area contributed by atoms with Gasteiger partial charge in [0.2, 0.25) is 0 Å². The second-order valence-electron chi connectivity index (χ2n) is 5.77. The average Bonchev–Trinajstić information content (AvgIpc) is 2.50. The fourth-order valence-electron chi connectivity index (χ4n) is 1.78. The highest BCUT2D eigenvalue weighted by Crippen LogP contribution is 2.06. The van der Waals surface area contributed by atoms with Crippen molar-refractivity contribution >= 4 is 35.8 Å². The number of rotatable bonds is 8. The van der Waals surface area contributed by atoms with Crippen molar-refractivity contribution < 1.29 is 4.79 Å². The summed E-state index contributed by atoms with van der Waals surface area (Å²) in [6, 6.07) is 7.40. The van der Waals surface area contributed by atoms with E-state index in [2.05, 4.69) is 22.2 Å². The van der Waals surface area contributed by atoms with Crippen molar-refractivity contribution in [2.75, 3.05) is 33.7 Å². The third-order valence-corrected chi connectivity index (χ3v) is 3.04. The summed E-state index contributed by atoms with van der Waals surface area (Å²) in [7, 11) is 3.94. The first kappa shape index (κ1) is 22.4. The molecule has 0 spiro atoms. The first-order valence-corrected chi connectivity index (χ1v) is 7.58. The summed E-state index contributed by atoms with van der Waals surface area (Å²) in [5.74, 6) is 0.292. The van der Waals surface area contributed by atoms with Gasteiger partial charge in [-0.1, -0.05) is 24.3 Å². The first-order valence-electron chi connectivity index (χ1n) is 7.58. The Morgan fingerprint density at radius 2 is 2.04 bits per heavy atom. The van der Waals surface area contributed by atoms with Crippen molar-refractivity contribution in [2.24, 2.45) is 10.7 Å². The van der Waals surface area contributed by atoms with E-state index in [0.29, 0.717) is 31.2 Å². The maximum atomic E-state index is 12.1. The minimum absolute atomic E-state index is 0. The van der Waals surface area contributed by atoms with E-state index >= 15 is 0 Å². The summed E-state index contributed by atoms with van der Waals surface area (Å²) in [5, 5.41) is 5.86. The minimum Gasteiger partial charge on any atom is -0.370 e. The van der Waals surface area contributed by atoms with Gasteiger partial charge in [0.25, 0.3) is 5.91 Å². The highest BCUT2D eigenvalue weighted by molar-refractivity contribution is 14.0. The highest BCUT2D eigenvalue weighted by Gasteiger charge is 2.05. The zero-order chi connectivity index (χ0) is 17.2. The molecule has 6 nitrogen and oxygen atoms in total. The topological polar surface area (TPSA) is 82.7 Å². The molecule has 0 unspecified atom stereocenters. The van der Waals surface area contributed by atoms with E-state index in [9.17, 15) is 4.79 Å². The molecule has 0 aliphatic carbocycles. The van der Waals surface area contributed by atoms with E-state index in [4.69, 9.17) is 5.73 Å². The Labute approximate surface area is 161 Å². The van der Waals surface area contributed by atoms with Gasteiger partial charge in [-0.15, -0.1) is 24.0 Å². The number of hydrogen-bond acceptors (Lipinski definition) is 3. The molecule has 0 aliphatic rings. The van der Waals surface area contributed by atoms with Crippen molar-refractivity contribution in [1.82, 2.24) is 15.5 Å². The van der Waals surface area contributed by atoms with Crippen LogP contribution in [0.4, 0.5) is 0 Å². The molecule has 0 saturated heterocycles. The van der Waals surface area contributed by atoms with Gasteiger partial charge in [-0.25, -0.2) is 4.99 Å². The molecular formula is C17H28IN5O. The number of carbonyl (C=O) groups is 1. The Morgan fingerprint density at radius 3 is 2.67 bits per heavy atom. The van der Waals surface area contributed by atoms with Crippen LogP contribution in [-0.2, 0) is 6.54 Å². The van der Waals surface area contributed by atoms with Crippen LogP contribution in [0.3, 0.4) is 0 Å². The van der Waals surface area contributed by atoms with Crippen LogP contribution in [0.2, 0.25) is 0 Å².